The maximum atomic E-state index is 13.8. The van der Waals surface area contributed by atoms with Crippen molar-refractivity contribution >= 4 is 50.8 Å². The molecule has 1 atom stereocenters. The first-order valence-electron chi connectivity index (χ1n) is 10.7. The summed E-state index contributed by atoms with van der Waals surface area (Å²) < 4.78 is 1.65. The van der Waals surface area contributed by atoms with Gasteiger partial charge in [-0.3, -0.25) is 14.2 Å². The lowest BCUT2D eigenvalue weighted by molar-refractivity contribution is -0.131. The highest BCUT2D eigenvalue weighted by Gasteiger charge is 2.26. The van der Waals surface area contributed by atoms with Crippen LogP contribution in [0.15, 0.2) is 28.2 Å². The van der Waals surface area contributed by atoms with Gasteiger partial charge in [-0.2, -0.15) is 0 Å². The summed E-state index contributed by atoms with van der Waals surface area (Å²) >= 11 is 9.37. The fourth-order valence-electron chi connectivity index (χ4n) is 4.20. The molecule has 1 aromatic carbocycles. The molecule has 1 aliphatic carbocycles. The van der Waals surface area contributed by atoms with E-state index >= 15 is 0 Å². The van der Waals surface area contributed by atoms with Crippen LogP contribution in [0.4, 0.5) is 0 Å². The van der Waals surface area contributed by atoms with E-state index in [9.17, 15) is 9.59 Å². The number of carbonyl (C=O) groups excluding carboxylic acids is 1. The van der Waals surface area contributed by atoms with Gasteiger partial charge in [-0.1, -0.05) is 36.4 Å². The monoisotopic (exact) mass is 473 g/mol. The number of fused-ring (bicyclic) bond motifs is 3. The highest BCUT2D eigenvalue weighted by molar-refractivity contribution is 7.99. The Kier molecular flexibility index (Phi) is 5.61. The van der Waals surface area contributed by atoms with Crippen molar-refractivity contribution in [3.63, 3.8) is 0 Å². The van der Waals surface area contributed by atoms with Crippen LogP contribution in [0.3, 0.4) is 0 Å². The highest BCUT2D eigenvalue weighted by Crippen LogP contribution is 2.37. The van der Waals surface area contributed by atoms with Crippen molar-refractivity contribution in [2.75, 3.05) is 18.8 Å². The number of benzene rings is 1. The van der Waals surface area contributed by atoms with Crippen LogP contribution >= 0.6 is 34.7 Å². The first kappa shape index (κ1) is 21.0. The second-order valence-electron chi connectivity index (χ2n) is 8.52. The number of rotatable bonds is 4. The molecule has 31 heavy (non-hydrogen) atoms. The number of carbonyl (C=O) groups is 1. The predicted octanol–water partition coefficient (Wildman–Crippen LogP) is 4.86. The molecule has 3 aromatic rings. The molecule has 162 valence electrons. The van der Waals surface area contributed by atoms with Crippen LogP contribution in [0.25, 0.3) is 15.9 Å². The van der Waals surface area contributed by atoms with E-state index in [-0.39, 0.29) is 17.2 Å². The Morgan fingerprint density at radius 3 is 2.87 bits per heavy atom. The molecule has 0 saturated carbocycles. The average Bonchev–Trinajstić information content (AvgIpc) is 3.05. The van der Waals surface area contributed by atoms with Gasteiger partial charge in [-0.25, -0.2) is 4.98 Å². The number of thiophene rings is 1. The van der Waals surface area contributed by atoms with E-state index in [1.54, 1.807) is 15.9 Å². The number of halogens is 1. The van der Waals surface area contributed by atoms with Crippen LogP contribution in [0.5, 0.6) is 0 Å². The molecule has 5 nitrogen and oxygen atoms in total. The number of aromatic nitrogens is 2. The Balaban J connectivity index is 1.64. The number of hydrogen-bond acceptors (Lipinski definition) is 5. The lowest BCUT2D eigenvalue weighted by Crippen LogP contribution is -2.43. The van der Waals surface area contributed by atoms with E-state index in [1.165, 1.54) is 16.6 Å². The number of nitrogens with zero attached hydrogens (tertiary/aromatic N) is 3. The maximum Gasteiger partial charge on any atom is 0.267 e. The standard InChI is InChI=1S/C23H24ClN3O2S2/c1-13-4-7-16-18(10-13)31-21-20(16)22(29)27(15-6-5-14(2)17(24)11-15)23(25-21)30-12-19(28)26-8-3-9-26/h5-6,11,13H,3-4,7-10,12H2,1-2H3/t13-/m0/s1. The van der Waals surface area contributed by atoms with Crippen LogP contribution in [-0.4, -0.2) is 39.2 Å². The van der Waals surface area contributed by atoms with Gasteiger partial charge < -0.3 is 4.90 Å². The third-order valence-electron chi connectivity index (χ3n) is 6.25. The van der Waals surface area contributed by atoms with Crippen LogP contribution in [0.2, 0.25) is 5.02 Å². The highest BCUT2D eigenvalue weighted by atomic mass is 35.5. The average molecular weight is 474 g/mol. The van der Waals surface area contributed by atoms with Gasteiger partial charge >= 0.3 is 0 Å². The van der Waals surface area contributed by atoms with Crippen molar-refractivity contribution in [1.82, 2.24) is 14.5 Å². The van der Waals surface area contributed by atoms with Crippen molar-refractivity contribution in [3.8, 4) is 5.69 Å². The fourth-order valence-corrected chi connectivity index (χ4v) is 6.71. The number of thioether (sulfide) groups is 1. The second kappa shape index (κ2) is 8.26. The summed E-state index contributed by atoms with van der Waals surface area (Å²) in [5.74, 6) is 1.000. The normalized spacial score (nSPS) is 18.2. The van der Waals surface area contributed by atoms with E-state index in [2.05, 4.69) is 6.92 Å². The molecule has 1 saturated heterocycles. The smallest absolute Gasteiger partial charge is 0.267 e. The lowest BCUT2D eigenvalue weighted by Gasteiger charge is -2.30. The Morgan fingerprint density at radius 1 is 1.35 bits per heavy atom. The van der Waals surface area contributed by atoms with Crippen LogP contribution in [-0.2, 0) is 17.6 Å². The zero-order valence-corrected chi connectivity index (χ0v) is 20.0. The van der Waals surface area contributed by atoms with Crippen molar-refractivity contribution < 1.29 is 4.79 Å². The molecule has 0 unspecified atom stereocenters. The Morgan fingerprint density at radius 2 is 2.16 bits per heavy atom. The summed E-state index contributed by atoms with van der Waals surface area (Å²) in [6, 6.07) is 5.63. The minimum Gasteiger partial charge on any atom is -0.342 e. The van der Waals surface area contributed by atoms with Crippen molar-refractivity contribution in [2.24, 2.45) is 5.92 Å². The van der Waals surface area contributed by atoms with Crippen LogP contribution in [0, 0.1) is 12.8 Å². The van der Waals surface area contributed by atoms with Gasteiger partial charge in [0.2, 0.25) is 5.91 Å². The maximum absolute atomic E-state index is 13.8. The molecule has 1 amide bonds. The Hall–Kier alpha value is -1.83. The largest absolute Gasteiger partial charge is 0.342 e. The quantitative estimate of drug-likeness (QED) is 0.401. The molecular formula is C23H24ClN3O2S2. The summed E-state index contributed by atoms with van der Waals surface area (Å²) in [7, 11) is 0. The lowest BCUT2D eigenvalue weighted by atomic mass is 9.89. The predicted molar refractivity (Wildman–Crippen MR) is 128 cm³/mol. The molecule has 8 heteroatoms. The summed E-state index contributed by atoms with van der Waals surface area (Å²) in [5, 5.41) is 1.90. The molecule has 0 bridgehead atoms. The molecule has 0 radical (unpaired) electrons. The number of aryl methyl sites for hydroxylation is 2. The number of hydrogen-bond donors (Lipinski definition) is 0. The van der Waals surface area contributed by atoms with E-state index < -0.39 is 0 Å². The fraction of sp³-hybridized carbons (Fsp3) is 0.435. The van der Waals surface area contributed by atoms with Crippen LogP contribution < -0.4 is 5.56 Å². The minimum absolute atomic E-state index is 0.0594. The first-order chi connectivity index (χ1) is 14.9. The van der Waals surface area contributed by atoms with Gasteiger partial charge in [-0.15, -0.1) is 11.3 Å². The molecule has 1 fully saturated rings. The zero-order chi connectivity index (χ0) is 21.7. The van der Waals surface area contributed by atoms with E-state index in [1.807, 2.05) is 30.0 Å². The first-order valence-corrected chi connectivity index (χ1v) is 12.8. The molecule has 5 rings (SSSR count). The summed E-state index contributed by atoms with van der Waals surface area (Å²) in [6.07, 6.45) is 4.08. The van der Waals surface area contributed by atoms with Gasteiger partial charge in [0.15, 0.2) is 5.16 Å². The van der Waals surface area contributed by atoms with Gasteiger partial charge in [0, 0.05) is 23.0 Å². The van der Waals surface area contributed by atoms with Gasteiger partial charge in [0.05, 0.1) is 16.8 Å². The van der Waals surface area contributed by atoms with E-state index in [0.29, 0.717) is 21.8 Å². The van der Waals surface area contributed by atoms with Crippen molar-refractivity contribution in [2.45, 2.75) is 44.7 Å². The zero-order valence-electron chi connectivity index (χ0n) is 17.6. The number of amides is 1. The second-order valence-corrected chi connectivity index (χ2v) is 11.0. The minimum atomic E-state index is -0.0594. The van der Waals surface area contributed by atoms with Crippen molar-refractivity contribution in [3.05, 3.63) is 49.6 Å². The molecule has 3 heterocycles. The summed E-state index contributed by atoms with van der Waals surface area (Å²) in [6.45, 7) is 5.84. The molecule has 2 aromatic heterocycles. The topological polar surface area (TPSA) is 55.2 Å². The van der Waals surface area contributed by atoms with Gasteiger partial charge in [0.1, 0.15) is 4.83 Å². The van der Waals surface area contributed by atoms with Crippen molar-refractivity contribution in [1.29, 1.82) is 0 Å². The Bertz CT molecular complexity index is 1250. The van der Waals surface area contributed by atoms with E-state index in [4.69, 9.17) is 16.6 Å². The molecule has 2 aliphatic rings. The van der Waals surface area contributed by atoms with Gasteiger partial charge in [0.25, 0.3) is 5.56 Å². The molecular weight excluding hydrogens is 450 g/mol. The third-order valence-corrected chi connectivity index (χ3v) is 8.72. The van der Waals surface area contributed by atoms with Crippen LogP contribution in [0.1, 0.15) is 35.8 Å². The van der Waals surface area contributed by atoms with Gasteiger partial charge in [-0.05, 0) is 61.8 Å². The number of likely N-dealkylation sites (tertiary alicyclic amines) is 1. The van der Waals surface area contributed by atoms with E-state index in [0.717, 1.165) is 60.1 Å². The Labute approximate surface area is 194 Å². The molecule has 1 aliphatic heterocycles. The SMILES string of the molecule is Cc1ccc(-n2c(SCC(=O)N3CCC3)nc3sc4c(c3c2=O)CC[C@H](C)C4)cc1Cl. The molecule has 0 N–H and O–H groups in total. The summed E-state index contributed by atoms with van der Waals surface area (Å²) in [5.41, 5.74) is 2.75. The summed E-state index contributed by atoms with van der Waals surface area (Å²) in [4.78, 5) is 35.1. The molecule has 0 spiro atoms. The third kappa shape index (κ3) is 3.81.